The van der Waals surface area contributed by atoms with Crippen molar-refractivity contribution in [3.8, 4) is 0 Å². The Bertz CT molecular complexity index is 296. The maximum absolute atomic E-state index is 11.7. The third-order valence-corrected chi connectivity index (χ3v) is 4.20. The van der Waals surface area contributed by atoms with E-state index in [1.54, 1.807) is 0 Å². The molecule has 0 amide bonds. The van der Waals surface area contributed by atoms with Gasteiger partial charge < -0.3 is 14.5 Å². The lowest BCUT2D eigenvalue weighted by atomic mass is 9.75. The van der Waals surface area contributed by atoms with Crippen LogP contribution in [0.25, 0.3) is 0 Å². The molecule has 0 unspecified atom stereocenters. The molecule has 0 aliphatic heterocycles. The molecule has 4 heteroatoms. The van der Waals surface area contributed by atoms with Crippen LogP contribution < -0.4 is 0 Å². The molecule has 0 heterocycles. The molecule has 4 nitrogen and oxygen atoms in total. The Morgan fingerprint density at radius 3 is 2.17 bits per heavy atom. The van der Waals surface area contributed by atoms with Crippen LogP contribution in [-0.2, 0) is 9.53 Å². The van der Waals surface area contributed by atoms with Crippen molar-refractivity contribution < 1.29 is 9.53 Å². The first-order valence-electron chi connectivity index (χ1n) is 6.68. The van der Waals surface area contributed by atoms with Crippen LogP contribution in [-0.4, -0.2) is 62.7 Å². The lowest BCUT2D eigenvalue weighted by molar-refractivity contribution is -0.152. The summed E-state index contributed by atoms with van der Waals surface area (Å²) in [6.07, 6.45) is 3.82. The second-order valence-corrected chi connectivity index (χ2v) is 6.52. The smallest absolute Gasteiger partial charge is 0.312 e. The Morgan fingerprint density at radius 1 is 1.28 bits per heavy atom. The molecule has 1 aliphatic rings. The standard InChI is InChI=1S/C14H28N2O2/c1-13(2,12(17)18-6)10-16(5)11-14(15(3)4)8-7-9-14/h7-11H2,1-6H3. The monoisotopic (exact) mass is 256 g/mol. The van der Waals surface area contributed by atoms with E-state index in [4.69, 9.17) is 4.74 Å². The number of hydrogen-bond acceptors (Lipinski definition) is 4. The van der Waals surface area contributed by atoms with Crippen LogP contribution in [0, 0.1) is 5.41 Å². The predicted molar refractivity (Wildman–Crippen MR) is 73.6 cm³/mol. The van der Waals surface area contributed by atoms with Crippen LogP contribution in [0.5, 0.6) is 0 Å². The lowest BCUT2D eigenvalue weighted by Gasteiger charge is -2.49. The van der Waals surface area contributed by atoms with E-state index in [0.717, 1.165) is 13.1 Å². The minimum absolute atomic E-state index is 0.137. The normalized spacial score (nSPS) is 18.9. The molecule has 106 valence electrons. The van der Waals surface area contributed by atoms with E-state index in [2.05, 4.69) is 30.9 Å². The Hall–Kier alpha value is -0.610. The fraction of sp³-hybridized carbons (Fsp3) is 0.929. The third-order valence-electron chi connectivity index (χ3n) is 4.20. The fourth-order valence-corrected chi connectivity index (χ4v) is 2.91. The number of esters is 1. The zero-order valence-corrected chi connectivity index (χ0v) is 12.7. The van der Waals surface area contributed by atoms with Crippen molar-refractivity contribution in [2.75, 3.05) is 41.3 Å². The topological polar surface area (TPSA) is 32.8 Å². The highest BCUT2D eigenvalue weighted by atomic mass is 16.5. The van der Waals surface area contributed by atoms with E-state index in [-0.39, 0.29) is 5.97 Å². The van der Waals surface area contributed by atoms with Gasteiger partial charge >= 0.3 is 5.97 Å². The number of carbonyl (C=O) groups is 1. The number of ether oxygens (including phenoxy) is 1. The lowest BCUT2D eigenvalue weighted by Crippen LogP contribution is -2.57. The number of methoxy groups -OCH3 is 1. The molecule has 1 fully saturated rings. The number of carbonyl (C=O) groups excluding carboxylic acids is 1. The van der Waals surface area contributed by atoms with Gasteiger partial charge in [-0.1, -0.05) is 0 Å². The zero-order chi connectivity index (χ0) is 14.0. The van der Waals surface area contributed by atoms with E-state index in [1.807, 2.05) is 13.8 Å². The summed E-state index contributed by atoms with van der Waals surface area (Å²) in [6, 6.07) is 0. The SMILES string of the molecule is COC(=O)C(C)(C)CN(C)CC1(N(C)C)CCC1. The second kappa shape index (κ2) is 5.57. The summed E-state index contributed by atoms with van der Waals surface area (Å²) in [5.74, 6) is -0.137. The zero-order valence-electron chi connectivity index (χ0n) is 12.7. The van der Waals surface area contributed by atoms with Crippen molar-refractivity contribution in [2.24, 2.45) is 5.41 Å². The van der Waals surface area contributed by atoms with Gasteiger partial charge in [0.25, 0.3) is 0 Å². The summed E-state index contributed by atoms with van der Waals surface area (Å²) in [6.45, 7) is 5.63. The molecule has 1 aliphatic carbocycles. The van der Waals surface area contributed by atoms with Crippen molar-refractivity contribution in [3.63, 3.8) is 0 Å². The summed E-state index contributed by atoms with van der Waals surface area (Å²) in [4.78, 5) is 16.3. The molecule has 1 saturated carbocycles. The van der Waals surface area contributed by atoms with Gasteiger partial charge in [0.15, 0.2) is 0 Å². The summed E-state index contributed by atoms with van der Waals surface area (Å²) in [5, 5.41) is 0. The van der Waals surface area contributed by atoms with Crippen molar-refractivity contribution >= 4 is 5.97 Å². The summed E-state index contributed by atoms with van der Waals surface area (Å²) in [5.41, 5.74) is -0.137. The molecule has 0 spiro atoms. The Balaban J connectivity index is 2.56. The first-order chi connectivity index (χ1) is 8.23. The van der Waals surface area contributed by atoms with Crippen molar-refractivity contribution in [3.05, 3.63) is 0 Å². The van der Waals surface area contributed by atoms with Crippen molar-refractivity contribution in [1.29, 1.82) is 0 Å². The highest BCUT2D eigenvalue weighted by Gasteiger charge is 2.41. The van der Waals surface area contributed by atoms with E-state index in [1.165, 1.54) is 26.4 Å². The number of rotatable bonds is 6. The van der Waals surface area contributed by atoms with Gasteiger partial charge in [-0.2, -0.15) is 0 Å². The van der Waals surface area contributed by atoms with Gasteiger partial charge in [-0.3, -0.25) is 4.79 Å². The molecule has 0 aromatic heterocycles. The van der Waals surface area contributed by atoms with Gasteiger partial charge in [-0.05, 0) is 54.3 Å². The maximum Gasteiger partial charge on any atom is 0.312 e. The van der Waals surface area contributed by atoms with E-state index < -0.39 is 5.41 Å². The maximum atomic E-state index is 11.7. The van der Waals surface area contributed by atoms with Crippen LogP contribution >= 0.6 is 0 Å². The third kappa shape index (κ3) is 3.23. The van der Waals surface area contributed by atoms with Crippen LogP contribution in [0.3, 0.4) is 0 Å². The molecule has 18 heavy (non-hydrogen) atoms. The second-order valence-electron chi connectivity index (χ2n) is 6.52. The largest absolute Gasteiger partial charge is 0.469 e. The van der Waals surface area contributed by atoms with E-state index in [0.29, 0.717) is 5.54 Å². The van der Waals surface area contributed by atoms with Gasteiger partial charge in [-0.25, -0.2) is 0 Å². The minimum atomic E-state index is -0.444. The van der Waals surface area contributed by atoms with Crippen LogP contribution in [0.15, 0.2) is 0 Å². The molecular formula is C14H28N2O2. The van der Waals surface area contributed by atoms with Crippen molar-refractivity contribution in [2.45, 2.75) is 38.6 Å². The Kier molecular flexibility index (Phi) is 4.78. The highest BCUT2D eigenvalue weighted by molar-refractivity contribution is 5.76. The molecule has 1 rings (SSSR count). The first-order valence-corrected chi connectivity index (χ1v) is 6.68. The Morgan fingerprint density at radius 2 is 1.83 bits per heavy atom. The molecule has 0 atom stereocenters. The van der Waals surface area contributed by atoms with Gasteiger partial charge in [0.2, 0.25) is 0 Å². The Labute approximate surface area is 111 Å². The number of likely N-dealkylation sites (N-methyl/N-ethyl adjacent to an activating group) is 2. The van der Waals surface area contributed by atoms with Gasteiger partial charge in [0.1, 0.15) is 0 Å². The van der Waals surface area contributed by atoms with Gasteiger partial charge in [0, 0.05) is 18.6 Å². The average molecular weight is 256 g/mol. The summed E-state index contributed by atoms with van der Waals surface area (Å²) < 4.78 is 4.86. The van der Waals surface area contributed by atoms with Crippen LogP contribution in [0.4, 0.5) is 0 Å². The molecule has 0 saturated heterocycles. The highest BCUT2D eigenvalue weighted by Crippen LogP contribution is 2.37. The fourth-order valence-electron chi connectivity index (χ4n) is 2.91. The number of nitrogens with zero attached hydrogens (tertiary/aromatic N) is 2. The van der Waals surface area contributed by atoms with E-state index >= 15 is 0 Å². The van der Waals surface area contributed by atoms with Crippen molar-refractivity contribution in [1.82, 2.24) is 9.80 Å². The average Bonchev–Trinajstić information content (AvgIpc) is 2.20. The van der Waals surface area contributed by atoms with Crippen LogP contribution in [0.2, 0.25) is 0 Å². The minimum Gasteiger partial charge on any atom is -0.469 e. The predicted octanol–water partition coefficient (Wildman–Crippen LogP) is 1.60. The van der Waals surface area contributed by atoms with Gasteiger partial charge in [-0.15, -0.1) is 0 Å². The summed E-state index contributed by atoms with van der Waals surface area (Å²) >= 11 is 0. The first kappa shape index (κ1) is 15.4. The quantitative estimate of drug-likeness (QED) is 0.676. The van der Waals surface area contributed by atoms with Crippen LogP contribution in [0.1, 0.15) is 33.1 Å². The van der Waals surface area contributed by atoms with E-state index in [9.17, 15) is 4.79 Å². The molecule has 0 radical (unpaired) electrons. The molecular weight excluding hydrogens is 228 g/mol. The summed E-state index contributed by atoms with van der Waals surface area (Å²) in [7, 11) is 7.85. The van der Waals surface area contributed by atoms with Gasteiger partial charge in [0.05, 0.1) is 12.5 Å². The molecule has 0 aromatic carbocycles. The molecule has 0 aromatic rings. The molecule has 0 N–H and O–H groups in total. The number of hydrogen-bond donors (Lipinski definition) is 0. The molecule has 0 bridgehead atoms.